The molecule has 1 aromatic rings. The fourth-order valence-electron chi connectivity index (χ4n) is 2.35. The standard InChI is InChI=1S/C15H20N2O4.ClH/c1-10(11-7-16-8-11)15(18)17-4-5-19-12-2-3-13-14(6-12)21-9-20-13;/h2-3,6,10-11,16H,4-5,7-9H2,1H3,(H,17,18);1H. The van der Waals surface area contributed by atoms with Crippen LogP contribution in [0.1, 0.15) is 6.92 Å². The van der Waals surface area contributed by atoms with Crippen LogP contribution in [0.25, 0.3) is 0 Å². The topological polar surface area (TPSA) is 68.8 Å². The number of carbonyl (C=O) groups is 1. The molecular formula is C15H21ClN2O4. The highest BCUT2D eigenvalue weighted by Crippen LogP contribution is 2.34. The summed E-state index contributed by atoms with van der Waals surface area (Å²) >= 11 is 0. The lowest BCUT2D eigenvalue weighted by Gasteiger charge is -2.31. The zero-order chi connectivity index (χ0) is 14.7. The first-order chi connectivity index (χ1) is 10.2. The Morgan fingerprint density at radius 1 is 1.41 bits per heavy atom. The molecule has 22 heavy (non-hydrogen) atoms. The van der Waals surface area contributed by atoms with Gasteiger partial charge in [0.15, 0.2) is 11.5 Å². The first-order valence-corrected chi connectivity index (χ1v) is 7.25. The van der Waals surface area contributed by atoms with Crippen LogP contribution in [0.4, 0.5) is 0 Å². The molecule has 0 saturated carbocycles. The quantitative estimate of drug-likeness (QED) is 0.768. The van der Waals surface area contributed by atoms with E-state index in [0.717, 1.165) is 18.8 Å². The summed E-state index contributed by atoms with van der Waals surface area (Å²) in [5.74, 6) is 2.75. The average Bonchev–Trinajstić information content (AvgIpc) is 2.88. The SMILES string of the molecule is CC(C(=O)NCCOc1ccc2c(c1)OCO2)C1CNC1.Cl. The molecule has 1 amide bonds. The molecule has 1 fully saturated rings. The van der Waals surface area contributed by atoms with Crippen molar-refractivity contribution in [3.63, 3.8) is 0 Å². The van der Waals surface area contributed by atoms with Crippen molar-refractivity contribution < 1.29 is 19.0 Å². The minimum atomic E-state index is 0. The lowest BCUT2D eigenvalue weighted by atomic mass is 9.88. The van der Waals surface area contributed by atoms with Crippen molar-refractivity contribution in [3.05, 3.63) is 18.2 Å². The number of hydrogen-bond donors (Lipinski definition) is 2. The second-order valence-corrected chi connectivity index (χ2v) is 5.36. The molecule has 1 aromatic carbocycles. The van der Waals surface area contributed by atoms with Gasteiger partial charge in [0.05, 0.1) is 6.54 Å². The Morgan fingerprint density at radius 2 is 2.18 bits per heavy atom. The molecule has 0 aliphatic carbocycles. The number of halogens is 1. The van der Waals surface area contributed by atoms with Crippen LogP contribution < -0.4 is 24.8 Å². The number of nitrogens with one attached hydrogen (secondary N) is 2. The number of rotatable bonds is 6. The molecule has 2 aliphatic heterocycles. The molecule has 0 spiro atoms. The van der Waals surface area contributed by atoms with Crippen molar-refractivity contribution in [1.29, 1.82) is 0 Å². The molecule has 6 nitrogen and oxygen atoms in total. The van der Waals surface area contributed by atoms with Crippen LogP contribution in [-0.2, 0) is 4.79 Å². The van der Waals surface area contributed by atoms with Gasteiger partial charge in [-0.2, -0.15) is 0 Å². The minimum absolute atomic E-state index is 0. The Balaban J connectivity index is 0.00000176. The Hall–Kier alpha value is -1.66. The van der Waals surface area contributed by atoms with Gasteiger partial charge in [0.25, 0.3) is 0 Å². The Morgan fingerprint density at radius 3 is 2.91 bits per heavy atom. The van der Waals surface area contributed by atoms with Crippen molar-refractivity contribution >= 4 is 18.3 Å². The minimum Gasteiger partial charge on any atom is -0.492 e. The van der Waals surface area contributed by atoms with Crippen molar-refractivity contribution in [1.82, 2.24) is 10.6 Å². The van der Waals surface area contributed by atoms with E-state index in [4.69, 9.17) is 14.2 Å². The van der Waals surface area contributed by atoms with Crippen molar-refractivity contribution in [2.24, 2.45) is 11.8 Å². The largest absolute Gasteiger partial charge is 0.492 e. The lowest BCUT2D eigenvalue weighted by Crippen LogP contribution is -2.49. The lowest BCUT2D eigenvalue weighted by molar-refractivity contribution is -0.126. The Kier molecular flexibility index (Phi) is 5.74. The van der Waals surface area contributed by atoms with Crippen LogP contribution in [0.5, 0.6) is 17.2 Å². The molecule has 122 valence electrons. The van der Waals surface area contributed by atoms with E-state index in [1.165, 1.54) is 0 Å². The number of amides is 1. The van der Waals surface area contributed by atoms with Gasteiger partial charge in [0.1, 0.15) is 12.4 Å². The van der Waals surface area contributed by atoms with Gasteiger partial charge in [-0.25, -0.2) is 0 Å². The Bertz CT molecular complexity index is 522. The smallest absolute Gasteiger partial charge is 0.231 e. The molecule has 1 atom stereocenters. The van der Waals surface area contributed by atoms with E-state index in [-0.39, 0.29) is 31.0 Å². The monoisotopic (exact) mass is 328 g/mol. The summed E-state index contributed by atoms with van der Waals surface area (Å²) < 4.78 is 16.1. The molecular weight excluding hydrogens is 308 g/mol. The van der Waals surface area contributed by atoms with E-state index < -0.39 is 0 Å². The second kappa shape index (κ2) is 7.56. The van der Waals surface area contributed by atoms with Crippen LogP contribution >= 0.6 is 12.4 Å². The first-order valence-electron chi connectivity index (χ1n) is 7.25. The number of benzene rings is 1. The maximum absolute atomic E-state index is 11.9. The summed E-state index contributed by atoms with van der Waals surface area (Å²) in [6.07, 6.45) is 0. The van der Waals surface area contributed by atoms with Crippen LogP contribution in [-0.4, -0.2) is 38.9 Å². The molecule has 0 bridgehead atoms. The molecule has 0 radical (unpaired) electrons. The van der Waals surface area contributed by atoms with Gasteiger partial charge in [-0.1, -0.05) is 6.92 Å². The third kappa shape index (κ3) is 3.75. The van der Waals surface area contributed by atoms with Gasteiger partial charge < -0.3 is 24.8 Å². The molecule has 1 saturated heterocycles. The maximum Gasteiger partial charge on any atom is 0.231 e. The van der Waals surface area contributed by atoms with E-state index in [1.54, 1.807) is 6.07 Å². The van der Waals surface area contributed by atoms with Crippen molar-refractivity contribution in [2.45, 2.75) is 6.92 Å². The van der Waals surface area contributed by atoms with Gasteiger partial charge in [0.2, 0.25) is 12.7 Å². The fourth-order valence-corrected chi connectivity index (χ4v) is 2.35. The number of hydrogen-bond acceptors (Lipinski definition) is 5. The molecule has 2 N–H and O–H groups in total. The average molecular weight is 329 g/mol. The van der Waals surface area contributed by atoms with Gasteiger partial charge in [-0.05, 0) is 31.1 Å². The highest BCUT2D eigenvalue weighted by atomic mass is 35.5. The predicted molar refractivity (Wildman–Crippen MR) is 83.8 cm³/mol. The second-order valence-electron chi connectivity index (χ2n) is 5.36. The zero-order valence-electron chi connectivity index (χ0n) is 12.5. The number of ether oxygens (including phenoxy) is 3. The molecule has 2 aliphatic rings. The molecule has 0 aromatic heterocycles. The highest BCUT2D eigenvalue weighted by molar-refractivity contribution is 5.85. The van der Waals surface area contributed by atoms with Crippen LogP contribution in [0.3, 0.4) is 0 Å². The summed E-state index contributed by atoms with van der Waals surface area (Å²) in [6, 6.07) is 5.45. The summed E-state index contributed by atoms with van der Waals surface area (Å²) in [5, 5.41) is 6.09. The summed E-state index contributed by atoms with van der Waals surface area (Å²) in [5.41, 5.74) is 0. The predicted octanol–water partition coefficient (Wildman–Crippen LogP) is 1.19. The number of fused-ring (bicyclic) bond motifs is 1. The molecule has 1 unspecified atom stereocenters. The summed E-state index contributed by atoms with van der Waals surface area (Å²) in [6.45, 7) is 5.02. The van der Waals surface area contributed by atoms with E-state index in [0.29, 0.717) is 30.6 Å². The summed E-state index contributed by atoms with van der Waals surface area (Å²) in [4.78, 5) is 11.9. The van der Waals surface area contributed by atoms with E-state index in [1.807, 2.05) is 19.1 Å². The maximum atomic E-state index is 11.9. The van der Waals surface area contributed by atoms with Crippen molar-refractivity contribution in [2.75, 3.05) is 33.0 Å². The van der Waals surface area contributed by atoms with E-state index >= 15 is 0 Å². The normalized spacial score (nSPS) is 17.1. The van der Waals surface area contributed by atoms with Crippen LogP contribution in [0.2, 0.25) is 0 Å². The van der Waals surface area contributed by atoms with Crippen LogP contribution in [0, 0.1) is 11.8 Å². The molecule has 2 heterocycles. The van der Waals surface area contributed by atoms with Crippen molar-refractivity contribution in [3.8, 4) is 17.2 Å². The third-order valence-electron chi connectivity index (χ3n) is 3.95. The van der Waals surface area contributed by atoms with Gasteiger partial charge in [-0.15, -0.1) is 12.4 Å². The van der Waals surface area contributed by atoms with E-state index in [2.05, 4.69) is 10.6 Å². The fraction of sp³-hybridized carbons (Fsp3) is 0.533. The van der Waals surface area contributed by atoms with Gasteiger partial charge >= 0.3 is 0 Å². The van der Waals surface area contributed by atoms with Gasteiger partial charge in [-0.3, -0.25) is 4.79 Å². The summed E-state index contributed by atoms with van der Waals surface area (Å²) in [7, 11) is 0. The highest BCUT2D eigenvalue weighted by Gasteiger charge is 2.28. The van der Waals surface area contributed by atoms with E-state index in [9.17, 15) is 4.79 Å². The first kappa shape index (κ1) is 16.7. The number of carbonyl (C=O) groups excluding carboxylic acids is 1. The molecule has 3 rings (SSSR count). The Labute approximate surface area is 135 Å². The van der Waals surface area contributed by atoms with Gasteiger partial charge in [0, 0.05) is 12.0 Å². The third-order valence-corrected chi connectivity index (χ3v) is 3.95. The zero-order valence-corrected chi connectivity index (χ0v) is 13.3. The molecule has 7 heteroatoms. The van der Waals surface area contributed by atoms with Crippen LogP contribution in [0.15, 0.2) is 18.2 Å².